The molecule has 0 aliphatic heterocycles. The molecule has 1 N–H and O–H groups in total. The molecule has 16 heavy (non-hydrogen) atoms. The molecule has 0 saturated heterocycles. The summed E-state index contributed by atoms with van der Waals surface area (Å²) in [5.41, 5.74) is 0. The van der Waals surface area contributed by atoms with E-state index in [0.29, 0.717) is 0 Å². The summed E-state index contributed by atoms with van der Waals surface area (Å²) in [4.78, 5) is 1.48. The molecule has 1 heterocycles. The molecule has 2 unspecified atom stereocenters. The second kappa shape index (κ2) is 6.18. The fourth-order valence-electron chi connectivity index (χ4n) is 2.51. The fraction of sp³-hybridized carbons (Fsp3) is 0.692. The van der Waals surface area contributed by atoms with Crippen molar-refractivity contribution >= 4 is 27.3 Å². The van der Waals surface area contributed by atoms with Gasteiger partial charge in [0, 0.05) is 17.5 Å². The van der Waals surface area contributed by atoms with Gasteiger partial charge in [-0.3, -0.25) is 0 Å². The van der Waals surface area contributed by atoms with Crippen LogP contribution in [0.5, 0.6) is 0 Å². The minimum absolute atomic E-state index is 0.771. The lowest BCUT2D eigenvalue weighted by Crippen LogP contribution is -2.34. The second-order valence-electron chi connectivity index (χ2n) is 4.88. The lowest BCUT2D eigenvalue weighted by atomic mass is 9.87. The minimum atomic E-state index is 0.771. The van der Waals surface area contributed by atoms with Crippen LogP contribution in [0, 0.1) is 5.92 Å². The van der Waals surface area contributed by atoms with E-state index in [2.05, 4.69) is 40.3 Å². The molecule has 3 heteroatoms. The van der Waals surface area contributed by atoms with Gasteiger partial charge >= 0.3 is 0 Å². The van der Waals surface area contributed by atoms with E-state index >= 15 is 0 Å². The summed E-state index contributed by atoms with van der Waals surface area (Å²) in [6.45, 7) is 3.51. The van der Waals surface area contributed by atoms with E-state index in [4.69, 9.17) is 0 Å². The van der Waals surface area contributed by atoms with Crippen LogP contribution >= 0.6 is 27.3 Å². The third-order valence-electron chi connectivity index (χ3n) is 3.37. The number of thiophene rings is 1. The van der Waals surface area contributed by atoms with Crippen LogP contribution in [-0.2, 0) is 6.42 Å². The molecule has 2 rings (SSSR count). The summed E-state index contributed by atoms with van der Waals surface area (Å²) < 4.78 is 1.24. The van der Waals surface area contributed by atoms with Gasteiger partial charge in [0.25, 0.3) is 0 Å². The maximum absolute atomic E-state index is 3.70. The summed E-state index contributed by atoms with van der Waals surface area (Å²) >= 11 is 5.36. The van der Waals surface area contributed by atoms with Gasteiger partial charge in [-0.2, -0.15) is 0 Å². The Hall–Kier alpha value is 0.140. The van der Waals surface area contributed by atoms with Crippen molar-refractivity contribution in [2.45, 2.75) is 45.1 Å². The number of nitrogens with one attached hydrogen (secondary N) is 1. The Kier molecular flexibility index (Phi) is 4.86. The molecule has 1 aliphatic carbocycles. The molecule has 0 aromatic carbocycles. The third-order valence-corrected chi connectivity index (χ3v) is 5.05. The molecule has 1 aliphatic rings. The zero-order valence-corrected chi connectivity index (χ0v) is 12.2. The second-order valence-corrected chi connectivity index (χ2v) is 7.43. The largest absolute Gasteiger partial charge is 0.314 e. The Bertz CT molecular complexity index is 323. The number of rotatable bonds is 4. The van der Waals surface area contributed by atoms with Gasteiger partial charge in [-0.25, -0.2) is 0 Å². The summed E-state index contributed by atoms with van der Waals surface area (Å²) in [7, 11) is 0. The van der Waals surface area contributed by atoms with Crippen LogP contribution < -0.4 is 5.32 Å². The fourth-order valence-corrected chi connectivity index (χ4v) is 3.99. The molecule has 0 amide bonds. The van der Waals surface area contributed by atoms with Crippen molar-refractivity contribution in [2.24, 2.45) is 5.92 Å². The highest BCUT2D eigenvalue weighted by atomic mass is 79.9. The highest BCUT2D eigenvalue weighted by Crippen LogP contribution is 2.24. The Morgan fingerprint density at radius 1 is 1.44 bits per heavy atom. The first-order valence-electron chi connectivity index (χ1n) is 6.21. The molecule has 0 radical (unpaired) electrons. The van der Waals surface area contributed by atoms with E-state index in [0.717, 1.165) is 18.5 Å². The van der Waals surface area contributed by atoms with E-state index in [1.807, 2.05) is 11.3 Å². The number of hydrogen-bond donors (Lipinski definition) is 1. The lowest BCUT2D eigenvalue weighted by molar-refractivity contribution is 0.303. The topological polar surface area (TPSA) is 12.0 Å². The number of hydrogen-bond acceptors (Lipinski definition) is 2. The molecule has 0 spiro atoms. The maximum atomic E-state index is 3.70. The van der Waals surface area contributed by atoms with Crippen molar-refractivity contribution in [2.75, 3.05) is 6.54 Å². The van der Waals surface area contributed by atoms with E-state index in [9.17, 15) is 0 Å². The van der Waals surface area contributed by atoms with Gasteiger partial charge in [-0.1, -0.05) is 19.8 Å². The standard InChI is InChI=1S/C13H20BrNS/c1-10-3-2-4-11(9-10)15-8-7-12-5-6-13(14)16-12/h5-6,10-11,15H,2-4,7-9H2,1H3. The van der Waals surface area contributed by atoms with Gasteiger partial charge in [0.05, 0.1) is 3.79 Å². The van der Waals surface area contributed by atoms with Gasteiger partial charge in [-0.15, -0.1) is 11.3 Å². The van der Waals surface area contributed by atoms with Crippen molar-refractivity contribution < 1.29 is 0 Å². The minimum Gasteiger partial charge on any atom is -0.314 e. The Labute approximate surface area is 111 Å². The van der Waals surface area contributed by atoms with Gasteiger partial charge in [0.2, 0.25) is 0 Å². The predicted molar refractivity (Wildman–Crippen MR) is 75.1 cm³/mol. The van der Waals surface area contributed by atoms with Crippen LogP contribution in [0.2, 0.25) is 0 Å². The van der Waals surface area contributed by atoms with E-state index < -0.39 is 0 Å². The van der Waals surface area contributed by atoms with Crippen molar-refractivity contribution in [1.82, 2.24) is 5.32 Å². The first-order chi connectivity index (χ1) is 7.74. The van der Waals surface area contributed by atoms with Crippen molar-refractivity contribution in [3.63, 3.8) is 0 Å². The van der Waals surface area contributed by atoms with E-state index in [-0.39, 0.29) is 0 Å². The Balaban J connectivity index is 1.67. The molecule has 1 aromatic rings. The number of halogens is 1. The maximum Gasteiger partial charge on any atom is 0.0701 e. The van der Waals surface area contributed by atoms with Crippen LogP contribution in [-0.4, -0.2) is 12.6 Å². The average molecular weight is 302 g/mol. The zero-order valence-electron chi connectivity index (χ0n) is 9.84. The summed E-state index contributed by atoms with van der Waals surface area (Å²) in [5.74, 6) is 0.919. The first-order valence-corrected chi connectivity index (χ1v) is 7.82. The third kappa shape index (κ3) is 3.86. The average Bonchev–Trinajstić information content (AvgIpc) is 2.64. The lowest BCUT2D eigenvalue weighted by Gasteiger charge is -2.27. The van der Waals surface area contributed by atoms with Crippen LogP contribution in [0.3, 0.4) is 0 Å². The highest BCUT2D eigenvalue weighted by Gasteiger charge is 2.17. The van der Waals surface area contributed by atoms with Crippen LogP contribution in [0.15, 0.2) is 15.9 Å². The predicted octanol–water partition coefficient (Wildman–Crippen LogP) is 4.22. The highest BCUT2D eigenvalue weighted by molar-refractivity contribution is 9.11. The summed E-state index contributed by atoms with van der Waals surface area (Å²) in [5, 5.41) is 3.70. The quantitative estimate of drug-likeness (QED) is 0.878. The molecule has 1 nitrogen and oxygen atoms in total. The van der Waals surface area contributed by atoms with E-state index in [1.165, 1.54) is 40.8 Å². The van der Waals surface area contributed by atoms with Crippen molar-refractivity contribution in [3.05, 3.63) is 20.8 Å². The van der Waals surface area contributed by atoms with Crippen molar-refractivity contribution in [3.8, 4) is 0 Å². The molecule has 0 bridgehead atoms. The van der Waals surface area contributed by atoms with Gasteiger partial charge < -0.3 is 5.32 Å². The molecular weight excluding hydrogens is 282 g/mol. The van der Waals surface area contributed by atoms with Crippen LogP contribution in [0.4, 0.5) is 0 Å². The van der Waals surface area contributed by atoms with Gasteiger partial charge in [-0.05, 0) is 53.2 Å². The van der Waals surface area contributed by atoms with Crippen LogP contribution in [0.25, 0.3) is 0 Å². The molecule has 1 saturated carbocycles. The van der Waals surface area contributed by atoms with Crippen molar-refractivity contribution in [1.29, 1.82) is 0 Å². The Morgan fingerprint density at radius 3 is 3.00 bits per heavy atom. The van der Waals surface area contributed by atoms with Gasteiger partial charge in [0.15, 0.2) is 0 Å². The summed E-state index contributed by atoms with van der Waals surface area (Å²) in [6.07, 6.45) is 6.74. The summed E-state index contributed by atoms with van der Waals surface area (Å²) in [6, 6.07) is 5.13. The molecule has 90 valence electrons. The van der Waals surface area contributed by atoms with E-state index in [1.54, 1.807) is 0 Å². The SMILES string of the molecule is CC1CCCC(NCCc2ccc(Br)s2)C1. The van der Waals surface area contributed by atoms with Crippen LogP contribution in [0.1, 0.15) is 37.5 Å². The monoisotopic (exact) mass is 301 g/mol. The molecule has 1 aromatic heterocycles. The first kappa shape index (κ1) is 12.6. The van der Waals surface area contributed by atoms with Gasteiger partial charge in [0.1, 0.15) is 0 Å². The molecule has 2 atom stereocenters. The molecule has 1 fully saturated rings. The Morgan fingerprint density at radius 2 is 2.31 bits per heavy atom. The smallest absolute Gasteiger partial charge is 0.0701 e. The normalized spacial score (nSPS) is 25.9. The molecular formula is C13H20BrNS. The zero-order chi connectivity index (χ0) is 11.4.